The molecule has 0 aliphatic carbocycles. The van der Waals surface area contributed by atoms with Gasteiger partial charge in [-0.05, 0) is 22.4 Å². The average molecular weight is 268 g/mol. The number of carboxylic acids is 1. The molecule has 0 saturated heterocycles. The van der Waals surface area contributed by atoms with Gasteiger partial charge in [0.05, 0.1) is 6.42 Å². The Morgan fingerprint density at radius 2 is 2.12 bits per heavy atom. The molecule has 1 atom stereocenters. The van der Waals surface area contributed by atoms with E-state index in [0.717, 1.165) is 10.9 Å². The van der Waals surface area contributed by atoms with Crippen molar-refractivity contribution in [3.63, 3.8) is 0 Å². The molecule has 3 nitrogen and oxygen atoms in total. The Hall–Kier alpha value is -1.20. The minimum Gasteiger partial charge on any atom is -0.481 e. The van der Waals surface area contributed by atoms with Gasteiger partial charge in [-0.3, -0.25) is 9.00 Å². The van der Waals surface area contributed by atoms with Crippen molar-refractivity contribution in [2.75, 3.05) is 5.75 Å². The molecule has 5 heteroatoms. The summed E-state index contributed by atoms with van der Waals surface area (Å²) >= 11 is 1.63. The Bertz CT molecular complexity index is 560. The molecule has 0 bridgehead atoms. The van der Waals surface area contributed by atoms with Crippen LogP contribution in [0.1, 0.15) is 12.0 Å². The third kappa shape index (κ3) is 3.14. The van der Waals surface area contributed by atoms with Crippen molar-refractivity contribution >= 4 is 38.2 Å². The molecule has 0 aliphatic rings. The van der Waals surface area contributed by atoms with E-state index in [4.69, 9.17) is 5.11 Å². The molecule has 0 amide bonds. The summed E-state index contributed by atoms with van der Waals surface area (Å²) in [6.07, 6.45) is -0.0331. The van der Waals surface area contributed by atoms with Crippen molar-refractivity contribution in [1.29, 1.82) is 0 Å². The van der Waals surface area contributed by atoms with Crippen LogP contribution in [-0.2, 0) is 21.3 Å². The number of rotatable bonds is 5. The number of carboxylic acid groups (broad SMARTS) is 1. The minimum absolute atomic E-state index is 0.0331. The lowest BCUT2D eigenvalue weighted by Gasteiger charge is -1.99. The quantitative estimate of drug-likeness (QED) is 0.907. The van der Waals surface area contributed by atoms with Crippen molar-refractivity contribution in [3.05, 3.63) is 35.2 Å². The van der Waals surface area contributed by atoms with Crippen molar-refractivity contribution in [1.82, 2.24) is 0 Å². The molecule has 1 aromatic heterocycles. The molecule has 90 valence electrons. The van der Waals surface area contributed by atoms with Gasteiger partial charge in [0.1, 0.15) is 0 Å². The Kier molecular flexibility index (Phi) is 3.91. The summed E-state index contributed by atoms with van der Waals surface area (Å²) in [6.45, 7) is 0. The van der Waals surface area contributed by atoms with Crippen LogP contribution in [0.3, 0.4) is 0 Å². The highest BCUT2D eigenvalue weighted by Gasteiger charge is 2.09. The molecular weight excluding hydrogens is 256 g/mol. The van der Waals surface area contributed by atoms with E-state index in [1.54, 1.807) is 11.3 Å². The second-order valence-electron chi connectivity index (χ2n) is 3.69. The highest BCUT2D eigenvalue weighted by Crippen LogP contribution is 2.26. The van der Waals surface area contributed by atoms with Gasteiger partial charge in [0.15, 0.2) is 0 Å². The van der Waals surface area contributed by atoms with E-state index in [1.165, 1.54) is 4.70 Å². The molecule has 0 saturated carbocycles. The maximum atomic E-state index is 11.7. The zero-order valence-electron chi connectivity index (χ0n) is 9.09. The fourth-order valence-corrected chi connectivity index (χ4v) is 3.79. The van der Waals surface area contributed by atoms with Crippen LogP contribution in [0.5, 0.6) is 0 Å². The normalized spacial score (nSPS) is 12.7. The van der Waals surface area contributed by atoms with Gasteiger partial charge in [-0.2, -0.15) is 0 Å². The summed E-state index contributed by atoms with van der Waals surface area (Å²) in [4.78, 5) is 10.4. The molecule has 0 radical (unpaired) electrons. The zero-order valence-corrected chi connectivity index (χ0v) is 10.7. The monoisotopic (exact) mass is 268 g/mol. The lowest BCUT2D eigenvalue weighted by molar-refractivity contribution is -0.136. The molecule has 1 unspecified atom stereocenters. The van der Waals surface area contributed by atoms with Crippen LogP contribution in [0.15, 0.2) is 29.6 Å². The molecule has 1 heterocycles. The van der Waals surface area contributed by atoms with E-state index >= 15 is 0 Å². The van der Waals surface area contributed by atoms with Crippen molar-refractivity contribution in [2.24, 2.45) is 0 Å². The smallest absolute Gasteiger partial charge is 0.304 e. The van der Waals surface area contributed by atoms with Gasteiger partial charge >= 0.3 is 5.97 Å². The third-order valence-corrected chi connectivity index (χ3v) is 4.73. The Balaban J connectivity index is 2.08. The fraction of sp³-hybridized carbons (Fsp3) is 0.250. The number of hydrogen-bond acceptors (Lipinski definition) is 3. The van der Waals surface area contributed by atoms with Gasteiger partial charge in [0, 0.05) is 27.0 Å². The topological polar surface area (TPSA) is 54.4 Å². The van der Waals surface area contributed by atoms with Gasteiger partial charge in [-0.1, -0.05) is 18.2 Å². The van der Waals surface area contributed by atoms with Crippen LogP contribution in [0.4, 0.5) is 0 Å². The lowest BCUT2D eigenvalue weighted by Crippen LogP contribution is -2.06. The first-order valence-corrected chi connectivity index (χ1v) is 7.55. The summed E-state index contributed by atoms with van der Waals surface area (Å²) in [5.74, 6) is -0.231. The van der Waals surface area contributed by atoms with Crippen LogP contribution in [0, 0.1) is 0 Å². The van der Waals surface area contributed by atoms with Gasteiger partial charge in [-0.15, -0.1) is 11.3 Å². The van der Waals surface area contributed by atoms with E-state index in [-0.39, 0.29) is 12.2 Å². The average Bonchev–Trinajstić information content (AvgIpc) is 2.70. The molecule has 0 aliphatic heterocycles. The number of carbonyl (C=O) groups is 1. The number of benzene rings is 1. The molecule has 2 aromatic rings. The van der Waals surface area contributed by atoms with Gasteiger partial charge in [-0.25, -0.2) is 0 Å². The predicted octanol–water partition coefficient (Wildman–Crippen LogP) is 2.62. The van der Waals surface area contributed by atoms with Crippen LogP contribution in [-0.4, -0.2) is 21.0 Å². The van der Waals surface area contributed by atoms with E-state index < -0.39 is 16.8 Å². The first-order chi connectivity index (χ1) is 8.16. The zero-order chi connectivity index (χ0) is 12.3. The van der Waals surface area contributed by atoms with Crippen LogP contribution >= 0.6 is 11.3 Å². The molecule has 1 aromatic carbocycles. The molecule has 17 heavy (non-hydrogen) atoms. The molecule has 0 fully saturated rings. The Morgan fingerprint density at radius 1 is 1.35 bits per heavy atom. The summed E-state index contributed by atoms with van der Waals surface area (Å²) < 4.78 is 12.9. The molecule has 2 rings (SSSR count). The lowest BCUT2D eigenvalue weighted by atomic mass is 10.2. The number of thiophene rings is 1. The summed E-state index contributed by atoms with van der Waals surface area (Å²) in [6, 6.07) is 7.97. The maximum absolute atomic E-state index is 11.7. The van der Waals surface area contributed by atoms with Crippen molar-refractivity contribution < 1.29 is 14.1 Å². The van der Waals surface area contributed by atoms with E-state index in [0.29, 0.717) is 5.75 Å². The van der Waals surface area contributed by atoms with Crippen LogP contribution in [0.2, 0.25) is 0 Å². The highest BCUT2D eigenvalue weighted by atomic mass is 32.2. The molecule has 0 spiro atoms. The standard InChI is InChI=1S/C12H12O3S2/c13-12(14)5-6-17(15)8-9-7-16-11-4-2-1-3-10(9)11/h1-4,7H,5-6,8H2,(H,13,14). The van der Waals surface area contributed by atoms with Gasteiger partial charge in [0.25, 0.3) is 0 Å². The van der Waals surface area contributed by atoms with Crippen molar-refractivity contribution in [2.45, 2.75) is 12.2 Å². The maximum Gasteiger partial charge on any atom is 0.304 e. The summed E-state index contributed by atoms with van der Waals surface area (Å²) in [7, 11) is -1.10. The first-order valence-electron chi connectivity index (χ1n) is 5.18. The van der Waals surface area contributed by atoms with Crippen LogP contribution < -0.4 is 0 Å². The summed E-state index contributed by atoms with van der Waals surface area (Å²) in [5.41, 5.74) is 1.05. The summed E-state index contributed by atoms with van der Waals surface area (Å²) in [5, 5.41) is 11.7. The Morgan fingerprint density at radius 3 is 2.88 bits per heavy atom. The van der Waals surface area contributed by atoms with Crippen molar-refractivity contribution in [3.8, 4) is 0 Å². The third-order valence-electron chi connectivity index (χ3n) is 2.42. The minimum atomic E-state index is -1.10. The second-order valence-corrected chi connectivity index (χ2v) is 6.18. The van der Waals surface area contributed by atoms with E-state index in [2.05, 4.69) is 0 Å². The van der Waals surface area contributed by atoms with Gasteiger partial charge < -0.3 is 5.11 Å². The second kappa shape index (κ2) is 5.42. The fourth-order valence-electron chi connectivity index (χ4n) is 1.59. The SMILES string of the molecule is O=C(O)CCS(=O)Cc1csc2ccccc12. The number of fused-ring (bicyclic) bond motifs is 1. The first kappa shape index (κ1) is 12.3. The van der Waals surface area contributed by atoms with E-state index in [1.807, 2.05) is 29.6 Å². The number of hydrogen-bond donors (Lipinski definition) is 1. The molecule has 1 N–H and O–H groups in total. The van der Waals surface area contributed by atoms with Gasteiger partial charge in [0.2, 0.25) is 0 Å². The number of aliphatic carboxylic acids is 1. The Labute approximate surface area is 106 Å². The predicted molar refractivity (Wildman–Crippen MR) is 70.8 cm³/mol. The largest absolute Gasteiger partial charge is 0.481 e. The molecular formula is C12H12O3S2. The van der Waals surface area contributed by atoms with E-state index in [9.17, 15) is 9.00 Å². The van der Waals surface area contributed by atoms with Crippen LogP contribution in [0.25, 0.3) is 10.1 Å². The highest BCUT2D eigenvalue weighted by molar-refractivity contribution is 7.84.